The highest BCUT2D eigenvalue weighted by Crippen LogP contribution is 2.38. The number of carbonyl (C=O) groups excluding carboxylic acids is 1. The SMILES string of the molecule is C=CC(=O)CC1CCC=C(c2ccnc3[nH]cc(-c4ccc[n+](O)c4)c23)C1. The van der Waals surface area contributed by atoms with Crippen LogP contribution in [0.4, 0.5) is 0 Å². The molecule has 0 aliphatic heterocycles. The maximum Gasteiger partial charge on any atom is 0.230 e. The molecule has 0 amide bonds. The first-order valence-corrected chi connectivity index (χ1v) is 9.17. The number of hydrogen-bond acceptors (Lipinski definition) is 3. The summed E-state index contributed by atoms with van der Waals surface area (Å²) in [5.74, 6) is 0.456. The fourth-order valence-electron chi connectivity index (χ4n) is 3.93. The topological polar surface area (TPSA) is 69.9 Å². The fraction of sp³-hybridized carbons (Fsp3) is 0.227. The Balaban J connectivity index is 1.76. The van der Waals surface area contributed by atoms with Crippen LogP contribution in [0.2, 0.25) is 0 Å². The third-order valence-electron chi connectivity index (χ3n) is 5.21. The molecular formula is C22H22N3O2+. The van der Waals surface area contributed by atoms with Crippen molar-refractivity contribution < 1.29 is 14.7 Å². The van der Waals surface area contributed by atoms with E-state index in [9.17, 15) is 10.0 Å². The summed E-state index contributed by atoms with van der Waals surface area (Å²) in [4.78, 5) is 19.5. The smallest absolute Gasteiger partial charge is 0.230 e. The van der Waals surface area contributed by atoms with Crippen molar-refractivity contribution in [2.75, 3.05) is 0 Å². The Morgan fingerprint density at radius 3 is 3.11 bits per heavy atom. The van der Waals surface area contributed by atoms with Crippen molar-refractivity contribution in [3.8, 4) is 11.1 Å². The summed E-state index contributed by atoms with van der Waals surface area (Å²) in [7, 11) is 0. The van der Waals surface area contributed by atoms with E-state index in [0.29, 0.717) is 12.3 Å². The minimum absolute atomic E-state index is 0.111. The van der Waals surface area contributed by atoms with Crippen LogP contribution in [0.25, 0.3) is 27.7 Å². The van der Waals surface area contributed by atoms with Crippen molar-refractivity contribution in [2.24, 2.45) is 5.92 Å². The van der Waals surface area contributed by atoms with E-state index < -0.39 is 0 Å². The minimum Gasteiger partial charge on any atom is -0.345 e. The molecule has 0 fully saturated rings. The monoisotopic (exact) mass is 360 g/mol. The quantitative estimate of drug-likeness (QED) is 0.409. The van der Waals surface area contributed by atoms with Crippen LogP contribution in [-0.2, 0) is 4.79 Å². The van der Waals surface area contributed by atoms with Gasteiger partial charge in [0.25, 0.3) is 0 Å². The standard InChI is InChI=1S/C22H22N3O2/c1-2-18(26)12-15-5-3-6-16(11-15)19-8-9-23-22-21(19)20(13-24-22)17-7-4-10-25(27)14-17/h2,4,6-10,13-15,27H,1,3,5,11-12H2,(H,23,24)/q+1. The van der Waals surface area contributed by atoms with E-state index in [4.69, 9.17) is 0 Å². The highest BCUT2D eigenvalue weighted by atomic mass is 16.5. The molecule has 0 bridgehead atoms. The summed E-state index contributed by atoms with van der Waals surface area (Å²) >= 11 is 0. The van der Waals surface area contributed by atoms with E-state index in [0.717, 1.165) is 51.7 Å². The number of nitrogens with one attached hydrogen (secondary N) is 1. The molecule has 0 spiro atoms. The second kappa shape index (κ2) is 7.19. The molecule has 1 atom stereocenters. The number of carbonyl (C=O) groups is 1. The third-order valence-corrected chi connectivity index (χ3v) is 5.21. The second-order valence-corrected chi connectivity index (χ2v) is 7.01. The van der Waals surface area contributed by atoms with Crippen molar-refractivity contribution in [1.82, 2.24) is 9.97 Å². The molecule has 3 aromatic rings. The van der Waals surface area contributed by atoms with Crippen LogP contribution in [0.1, 0.15) is 31.2 Å². The van der Waals surface area contributed by atoms with Crippen LogP contribution in [0.3, 0.4) is 0 Å². The molecule has 5 heteroatoms. The molecule has 3 aromatic heterocycles. The van der Waals surface area contributed by atoms with E-state index in [2.05, 4.69) is 22.6 Å². The first-order valence-electron chi connectivity index (χ1n) is 9.17. The number of hydrogen-bond donors (Lipinski definition) is 2. The van der Waals surface area contributed by atoms with Gasteiger partial charge in [-0.2, -0.15) is 0 Å². The van der Waals surface area contributed by atoms with E-state index in [-0.39, 0.29) is 5.78 Å². The van der Waals surface area contributed by atoms with Crippen LogP contribution < -0.4 is 4.73 Å². The van der Waals surface area contributed by atoms with Crippen LogP contribution in [0, 0.1) is 5.92 Å². The Morgan fingerprint density at radius 2 is 2.30 bits per heavy atom. The van der Waals surface area contributed by atoms with Crippen molar-refractivity contribution in [1.29, 1.82) is 0 Å². The summed E-state index contributed by atoms with van der Waals surface area (Å²) in [6.45, 7) is 3.59. The van der Waals surface area contributed by atoms with Gasteiger partial charge < -0.3 is 4.98 Å². The third kappa shape index (κ3) is 3.40. The maximum absolute atomic E-state index is 11.8. The fourth-order valence-corrected chi connectivity index (χ4v) is 3.93. The number of pyridine rings is 2. The average molecular weight is 360 g/mol. The van der Waals surface area contributed by atoms with Crippen LogP contribution in [0.5, 0.6) is 0 Å². The maximum atomic E-state index is 11.8. The molecule has 0 saturated carbocycles. The van der Waals surface area contributed by atoms with Crippen LogP contribution in [0.15, 0.2) is 61.7 Å². The molecule has 136 valence electrons. The first-order chi connectivity index (χ1) is 13.2. The lowest BCUT2D eigenvalue weighted by Crippen LogP contribution is -2.28. The molecule has 0 radical (unpaired) electrons. The minimum atomic E-state index is 0.111. The second-order valence-electron chi connectivity index (χ2n) is 7.01. The summed E-state index contributed by atoms with van der Waals surface area (Å²) in [5, 5.41) is 10.8. The Bertz CT molecular complexity index is 1050. The Labute approximate surface area is 157 Å². The van der Waals surface area contributed by atoms with Gasteiger partial charge in [0.2, 0.25) is 12.4 Å². The normalized spacial score (nSPS) is 16.9. The molecule has 2 N–H and O–H groups in total. The number of rotatable bonds is 5. The van der Waals surface area contributed by atoms with Gasteiger partial charge in [0, 0.05) is 40.6 Å². The summed E-state index contributed by atoms with van der Waals surface area (Å²) in [6, 6.07) is 5.81. The molecule has 1 aliphatic carbocycles. The summed E-state index contributed by atoms with van der Waals surface area (Å²) in [5.41, 5.74) is 5.13. The largest absolute Gasteiger partial charge is 0.345 e. The number of nitrogens with zero attached hydrogens (tertiary/aromatic N) is 2. The van der Waals surface area contributed by atoms with E-state index in [1.165, 1.54) is 11.6 Å². The number of allylic oxidation sites excluding steroid dienone is 3. The van der Waals surface area contributed by atoms with E-state index in [1.54, 1.807) is 18.5 Å². The van der Waals surface area contributed by atoms with Gasteiger partial charge in [-0.25, -0.2) is 4.98 Å². The van der Waals surface area contributed by atoms with Gasteiger partial charge in [-0.1, -0.05) is 12.7 Å². The predicted octanol–water partition coefficient (Wildman–Crippen LogP) is 4.08. The zero-order chi connectivity index (χ0) is 18.8. The average Bonchev–Trinajstić information content (AvgIpc) is 3.12. The molecule has 4 rings (SSSR count). The molecule has 27 heavy (non-hydrogen) atoms. The summed E-state index contributed by atoms with van der Waals surface area (Å²) in [6.07, 6.45) is 14.1. The van der Waals surface area contributed by atoms with Crippen LogP contribution >= 0.6 is 0 Å². The van der Waals surface area contributed by atoms with Gasteiger partial charge in [0.1, 0.15) is 5.65 Å². The van der Waals surface area contributed by atoms with Gasteiger partial charge in [0.05, 0.1) is 5.56 Å². The van der Waals surface area contributed by atoms with Gasteiger partial charge in [0.15, 0.2) is 5.78 Å². The van der Waals surface area contributed by atoms with Gasteiger partial charge in [-0.05, 0) is 54.5 Å². The van der Waals surface area contributed by atoms with Gasteiger partial charge >= 0.3 is 0 Å². The highest BCUT2D eigenvalue weighted by Gasteiger charge is 2.22. The van der Waals surface area contributed by atoms with Gasteiger partial charge in [-0.3, -0.25) is 10.0 Å². The number of aromatic nitrogens is 3. The molecule has 5 nitrogen and oxygen atoms in total. The number of fused-ring (bicyclic) bond motifs is 1. The van der Waals surface area contributed by atoms with Gasteiger partial charge in [-0.15, -0.1) is 0 Å². The first kappa shape index (κ1) is 17.2. The molecule has 3 heterocycles. The van der Waals surface area contributed by atoms with Crippen molar-refractivity contribution in [3.05, 3.63) is 67.3 Å². The lowest BCUT2D eigenvalue weighted by Gasteiger charge is -2.22. The molecule has 1 unspecified atom stereocenters. The lowest BCUT2D eigenvalue weighted by atomic mass is 9.82. The molecular weight excluding hydrogens is 338 g/mol. The Hall–Kier alpha value is -3.21. The van der Waals surface area contributed by atoms with E-state index in [1.807, 2.05) is 24.5 Å². The van der Waals surface area contributed by atoms with Crippen molar-refractivity contribution in [3.63, 3.8) is 0 Å². The molecule has 0 saturated heterocycles. The van der Waals surface area contributed by atoms with E-state index >= 15 is 0 Å². The lowest BCUT2D eigenvalue weighted by molar-refractivity contribution is -0.904. The molecule has 0 aromatic carbocycles. The predicted molar refractivity (Wildman–Crippen MR) is 104 cm³/mol. The molecule has 1 aliphatic rings. The highest BCUT2D eigenvalue weighted by molar-refractivity contribution is 6.01. The Kier molecular flexibility index (Phi) is 4.59. The zero-order valence-electron chi connectivity index (χ0n) is 15.1. The zero-order valence-corrected chi connectivity index (χ0v) is 15.1. The number of H-pyrrole nitrogens is 1. The Morgan fingerprint density at radius 1 is 1.41 bits per heavy atom. The van der Waals surface area contributed by atoms with Crippen LogP contribution in [-0.4, -0.2) is 21.0 Å². The summed E-state index contributed by atoms with van der Waals surface area (Å²) < 4.78 is 1.06. The number of ketones is 1. The number of aromatic amines is 1. The van der Waals surface area contributed by atoms with Crippen molar-refractivity contribution in [2.45, 2.75) is 25.7 Å². The van der Waals surface area contributed by atoms with Crippen molar-refractivity contribution >= 4 is 22.4 Å².